The molecule has 0 amide bonds. The van der Waals surface area contributed by atoms with Crippen molar-refractivity contribution in [2.45, 2.75) is 57.3 Å². The number of likely N-dealkylation sites (tertiary alicyclic amines) is 1. The molecule has 3 atom stereocenters. The van der Waals surface area contributed by atoms with E-state index in [0.717, 1.165) is 32.2 Å². The van der Waals surface area contributed by atoms with Crippen molar-refractivity contribution in [2.75, 3.05) is 19.6 Å². The maximum atomic E-state index is 12.7. The van der Waals surface area contributed by atoms with Crippen molar-refractivity contribution in [3.05, 3.63) is 0 Å². The zero-order chi connectivity index (χ0) is 13.2. The Labute approximate surface area is 107 Å². The minimum Gasteiger partial charge on any atom is -0.312 e. The molecule has 2 aliphatic rings. The summed E-state index contributed by atoms with van der Waals surface area (Å²) in [6, 6.07) is 0.723. The maximum Gasteiger partial charge on any atom is 0.393 e. The van der Waals surface area contributed by atoms with Crippen LogP contribution in [0.15, 0.2) is 0 Å². The Bertz CT molecular complexity index is 267. The Balaban J connectivity index is 1.88. The molecule has 1 N–H and O–H groups in total. The summed E-state index contributed by atoms with van der Waals surface area (Å²) < 4.78 is 38.0. The zero-order valence-electron chi connectivity index (χ0n) is 11.0. The average molecular weight is 264 g/mol. The summed E-state index contributed by atoms with van der Waals surface area (Å²) in [5.41, 5.74) is 0. The fourth-order valence-corrected chi connectivity index (χ4v) is 3.30. The van der Waals surface area contributed by atoms with Gasteiger partial charge in [0.2, 0.25) is 0 Å². The van der Waals surface area contributed by atoms with Gasteiger partial charge in [0.25, 0.3) is 0 Å². The molecule has 106 valence electrons. The average Bonchev–Trinajstić information content (AvgIpc) is 2.93. The van der Waals surface area contributed by atoms with Gasteiger partial charge in [-0.2, -0.15) is 13.2 Å². The van der Waals surface area contributed by atoms with Crippen LogP contribution in [0.3, 0.4) is 0 Å². The molecule has 18 heavy (non-hydrogen) atoms. The third kappa shape index (κ3) is 3.18. The highest BCUT2D eigenvalue weighted by Crippen LogP contribution is 2.36. The summed E-state index contributed by atoms with van der Waals surface area (Å²) in [6.07, 6.45) is 0.637. The first-order chi connectivity index (χ1) is 8.52. The first-order valence-electron chi connectivity index (χ1n) is 7.06. The quantitative estimate of drug-likeness (QED) is 0.840. The van der Waals surface area contributed by atoms with Gasteiger partial charge in [0.1, 0.15) is 0 Å². The molecule has 0 aromatic rings. The number of halogens is 3. The molecule has 3 unspecified atom stereocenters. The lowest BCUT2D eigenvalue weighted by molar-refractivity contribution is -0.171. The van der Waals surface area contributed by atoms with E-state index in [1.165, 1.54) is 0 Å². The first kappa shape index (κ1) is 14.1. The Morgan fingerprint density at radius 1 is 1.22 bits per heavy atom. The van der Waals surface area contributed by atoms with E-state index in [2.05, 4.69) is 17.1 Å². The molecule has 0 aromatic heterocycles. The monoisotopic (exact) mass is 264 g/mol. The topological polar surface area (TPSA) is 15.3 Å². The Hall–Kier alpha value is -0.290. The summed E-state index contributed by atoms with van der Waals surface area (Å²) in [4.78, 5) is 2.07. The van der Waals surface area contributed by atoms with E-state index in [0.29, 0.717) is 18.6 Å². The van der Waals surface area contributed by atoms with Crippen LogP contribution >= 0.6 is 0 Å². The smallest absolute Gasteiger partial charge is 0.312 e. The number of nitrogens with one attached hydrogen (secondary N) is 1. The minimum absolute atomic E-state index is 0.207. The van der Waals surface area contributed by atoms with E-state index in [-0.39, 0.29) is 13.0 Å². The molecule has 2 nitrogen and oxygen atoms in total. The highest BCUT2D eigenvalue weighted by atomic mass is 19.4. The lowest BCUT2D eigenvalue weighted by Gasteiger charge is -2.30. The van der Waals surface area contributed by atoms with Crippen LogP contribution in [-0.2, 0) is 0 Å². The van der Waals surface area contributed by atoms with Gasteiger partial charge in [-0.05, 0) is 38.8 Å². The molecule has 0 bridgehead atoms. The molecule has 2 fully saturated rings. The first-order valence-corrected chi connectivity index (χ1v) is 7.06. The lowest BCUT2D eigenvalue weighted by Crippen LogP contribution is -2.46. The van der Waals surface area contributed by atoms with Gasteiger partial charge in [-0.3, -0.25) is 4.90 Å². The molecule has 5 heteroatoms. The van der Waals surface area contributed by atoms with Crippen LogP contribution in [0.2, 0.25) is 0 Å². The normalized spacial score (nSPS) is 34.3. The summed E-state index contributed by atoms with van der Waals surface area (Å²) in [6.45, 7) is 3.90. The second-order valence-corrected chi connectivity index (χ2v) is 5.58. The SMILES string of the molecule is CCCNC1CCCC1N1CCC(C(F)(F)F)C1. The van der Waals surface area contributed by atoms with Gasteiger partial charge in [-0.15, -0.1) is 0 Å². The third-order valence-corrected chi connectivity index (χ3v) is 4.29. The highest BCUT2D eigenvalue weighted by Gasteiger charge is 2.46. The molecule has 0 spiro atoms. The molecule has 1 saturated carbocycles. The maximum absolute atomic E-state index is 12.7. The van der Waals surface area contributed by atoms with Crippen molar-refractivity contribution in [2.24, 2.45) is 5.92 Å². The van der Waals surface area contributed by atoms with E-state index in [9.17, 15) is 13.2 Å². The standard InChI is InChI=1S/C13H23F3N2/c1-2-7-17-11-4-3-5-12(11)18-8-6-10(9-18)13(14,15)16/h10-12,17H,2-9H2,1H3. The predicted octanol–water partition coefficient (Wildman–Crippen LogP) is 2.79. The third-order valence-electron chi connectivity index (χ3n) is 4.29. The van der Waals surface area contributed by atoms with Crippen LogP contribution < -0.4 is 5.32 Å². The van der Waals surface area contributed by atoms with Gasteiger partial charge >= 0.3 is 6.18 Å². The van der Waals surface area contributed by atoms with E-state index in [1.807, 2.05) is 0 Å². The number of nitrogens with zero attached hydrogens (tertiary/aromatic N) is 1. The van der Waals surface area contributed by atoms with Gasteiger partial charge in [0.15, 0.2) is 0 Å². The van der Waals surface area contributed by atoms with Gasteiger partial charge in [-0.25, -0.2) is 0 Å². The summed E-state index contributed by atoms with van der Waals surface area (Å²) in [7, 11) is 0. The lowest BCUT2D eigenvalue weighted by atomic mass is 10.1. The highest BCUT2D eigenvalue weighted by molar-refractivity contribution is 4.94. The van der Waals surface area contributed by atoms with Crippen LogP contribution in [-0.4, -0.2) is 42.8 Å². The van der Waals surface area contributed by atoms with Crippen LogP contribution in [0.1, 0.15) is 39.0 Å². The van der Waals surface area contributed by atoms with Crippen LogP contribution in [0.25, 0.3) is 0 Å². The number of rotatable bonds is 4. The van der Waals surface area contributed by atoms with Crippen molar-refractivity contribution in [1.82, 2.24) is 10.2 Å². The molecule has 2 rings (SSSR count). The molecule has 1 heterocycles. The van der Waals surface area contributed by atoms with Crippen molar-refractivity contribution in [1.29, 1.82) is 0 Å². The predicted molar refractivity (Wildman–Crippen MR) is 65.5 cm³/mol. The van der Waals surface area contributed by atoms with Crippen molar-refractivity contribution >= 4 is 0 Å². The second-order valence-electron chi connectivity index (χ2n) is 5.58. The van der Waals surface area contributed by atoms with E-state index in [1.54, 1.807) is 0 Å². The summed E-state index contributed by atoms with van der Waals surface area (Å²) in [5.74, 6) is -1.11. The molecule has 0 radical (unpaired) electrons. The van der Waals surface area contributed by atoms with Crippen molar-refractivity contribution in [3.63, 3.8) is 0 Å². The summed E-state index contributed by atoms with van der Waals surface area (Å²) >= 11 is 0. The van der Waals surface area contributed by atoms with E-state index >= 15 is 0 Å². The minimum atomic E-state index is -4.01. The fourth-order valence-electron chi connectivity index (χ4n) is 3.30. The van der Waals surface area contributed by atoms with Gasteiger partial charge in [0.05, 0.1) is 5.92 Å². The van der Waals surface area contributed by atoms with E-state index < -0.39 is 12.1 Å². The van der Waals surface area contributed by atoms with Gasteiger partial charge < -0.3 is 5.32 Å². The number of alkyl halides is 3. The second kappa shape index (κ2) is 5.78. The van der Waals surface area contributed by atoms with Crippen LogP contribution in [0.4, 0.5) is 13.2 Å². The molecule has 1 aliphatic carbocycles. The van der Waals surface area contributed by atoms with Crippen LogP contribution in [0.5, 0.6) is 0 Å². The summed E-state index contributed by atoms with van der Waals surface area (Å²) in [5, 5.41) is 3.49. The molecular formula is C13H23F3N2. The van der Waals surface area contributed by atoms with Crippen molar-refractivity contribution in [3.8, 4) is 0 Å². The molecule has 1 saturated heterocycles. The number of hydrogen-bond donors (Lipinski definition) is 1. The Kier molecular flexibility index (Phi) is 4.54. The number of hydrogen-bond acceptors (Lipinski definition) is 2. The van der Waals surface area contributed by atoms with Crippen molar-refractivity contribution < 1.29 is 13.2 Å². The van der Waals surface area contributed by atoms with Crippen LogP contribution in [0, 0.1) is 5.92 Å². The molecule has 0 aromatic carbocycles. The van der Waals surface area contributed by atoms with Gasteiger partial charge in [0, 0.05) is 18.6 Å². The Morgan fingerprint density at radius 3 is 2.61 bits per heavy atom. The fraction of sp³-hybridized carbons (Fsp3) is 1.00. The largest absolute Gasteiger partial charge is 0.393 e. The molecular weight excluding hydrogens is 241 g/mol. The van der Waals surface area contributed by atoms with Gasteiger partial charge in [-0.1, -0.05) is 13.3 Å². The Morgan fingerprint density at radius 2 is 2.00 bits per heavy atom. The van der Waals surface area contributed by atoms with E-state index in [4.69, 9.17) is 0 Å². The molecule has 1 aliphatic heterocycles. The zero-order valence-corrected chi connectivity index (χ0v) is 11.0.